The number of carbonyl (C=O) groups is 1. The van der Waals surface area contributed by atoms with Crippen LogP contribution in [0.5, 0.6) is 0 Å². The summed E-state index contributed by atoms with van der Waals surface area (Å²) in [5.74, 6) is -0.437. The number of fused-ring (bicyclic) bond motifs is 1. The van der Waals surface area contributed by atoms with Crippen LogP contribution in [0.15, 0.2) is 27.4 Å². The highest BCUT2D eigenvalue weighted by molar-refractivity contribution is 6.04. The molecule has 0 spiro atoms. The number of para-hydroxylation sites is 1. The van der Waals surface area contributed by atoms with Crippen LogP contribution in [0.4, 0.5) is 0 Å². The van der Waals surface area contributed by atoms with Crippen molar-refractivity contribution in [3.63, 3.8) is 0 Å². The Labute approximate surface area is 91.5 Å². The highest BCUT2D eigenvalue weighted by Crippen LogP contribution is 2.36. The normalized spacial score (nSPS) is 15.6. The van der Waals surface area contributed by atoms with Crippen LogP contribution in [0, 0.1) is 0 Å². The van der Waals surface area contributed by atoms with Crippen LogP contribution < -0.4 is 5.76 Å². The third-order valence-electron chi connectivity index (χ3n) is 2.93. The Balaban J connectivity index is 2.38. The maximum Gasteiger partial charge on any atom is 0.420 e. The molecule has 0 aliphatic heterocycles. The lowest BCUT2D eigenvalue weighted by molar-refractivity contribution is 0.101. The van der Waals surface area contributed by atoms with Crippen molar-refractivity contribution < 1.29 is 9.21 Å². The summed E-state index contributed by atoms with van der Waals surface area (Å²) in [5.41, 5.74) is 1.64. The largest absolute Gasteiger partial charge is 0.420 e. The molecule has 16 heavy (non-hydrogen) atoms. The zero-order valence-corrected chi connectivity index (χ0v) is 8.90. The lowest BCUT2D eigenvalue weighted by atomic mass is 10.1. The first-order valence-electron chi connectivity index (χ1n) is 5.33. The van der Waals surface area contributed by atoms with Crippen molar-refractivity contribution in [1.82, 2.24) is 4.57 Å². The van der Waals surface area contributed by atoms with Crippen molar-refractivity contribution >= 4 is 16.9 Å². The summed E-state index contributed by atoms with van der Waals surface area (Å²) in [6.45, 7) is 1.48. The number of oxazole rings is 1. The van der Waals surface area contributed by atoms with Crippen molar-refractivity contribution in [2.45, 2.75) is 25.8 Å². The van der Waals surface area contributed by atoms with Crippen molar-refractivity contribution in [2.75, 3.05) is 0 Å². The molecule has 1 aromatic heterocycles. The molecule has 4 heteroatoms. The van der Waals surface area contributed by atoms with Gasteiger partial charge in [-0.2, -0.15) is 0 Å². The topological polar surface area (TPSA) is 52.2 Å². The van der Waals surface area contributed by atoms with Gasteiger partial charge >= 0.3 is 5.76 Å². The molecule has 0 saturated heterocycles. The number of hydrogen-bond acceptors (Lipinski definition) is 3. The summed E-state index contributed by atoms with van der Waals surface area (Å²) in [4.78, 5) is 23.1. The molecule has 1 aliphatic carbocycles. The molecule has 3 rings (SSSR count). The fraction of sp³-hybridized carbons (Fsp3) is 0.333. The second-order valence-electron chi connectivity index (χ2n) is 4.18. The SMILES string of the molecule is CC(=O)c1cccc2c1oc(=O)n2C1CC1. The summed E-state index contributed by atoms with van der Waals surface area (Å²) >= 11 is 0. The molecule has 1 fully saturated rings. The van der Waals surface area contributed by atoms with Crippen LogP contribution in [0.1, 0.15) is 36.2 Å². The third-order valence-corrected chi connectivity index (χ3v) is 2.93. The van der Waals surface area contributed by atoms with Crippen LogP contribution in [-0.4, -0.2) is 10.4 Å². The van der Waals surface area contributed by atoms with Crippen LogP contribution in [0.2, 0.25) is 0 Å². The summed E-state index contributed by atoms with van der Waals surface area (Å²) in [7, 11) is 0. The lowest BCUT2D eigenvalue weighted by Gasteiger charge is -1.99. The Morgan fingerprint density at radius 1 is 1.44 bits per heavy atom. The molecule has 0 unspecified atom stereocenters. The predicted molar refractivity (Wildman–Crippen MR) is 58.7 cm³/mol. The molecule has 1 aromatic carbocycles. The Hall–Kier alpha value is -1.84. The number of nitrogens with zero attached hydrogens (tertiary/aromatic N) is 1. The van der Waals surface area contributed by atoms with Crippen molar-refractivity contribution in [3.05, 3.63) is 34.3 Å². The fourth-order valence-corrected chi connectivity index (χ4v) is 2.01. The van der Waals surface area contributed by atoms with Gasteiger partial charge in [-0.25, -0.2) is 4.79 Å². The highest BCUT2D eigenvalue weighted by Gasteiger charge is 2.29. The lowest BCUT2D eigenvalue weighted by Crippen LogP contribution is -2.11. The molecule has 0 radical (unpaired) electrons. The van der Waals surface area contributed by atoms with E-state index in [-0.39, 0.29) is 17.6 Å². The Morgan fingerprint density at radius 2 is 2.19 bits per heavy atom. The summed E-state index contributed by atoms with van der Waals surface area (Å²) < 4.78 is 6.83. The number of rotatable bonds is 2. The fourth-order valence-electron chi connectivity index (χ4n) is 2.01. The molecule has 0 atom stereocenters. The molecule has 4 nitrogen and oxygen atoms in total. The molecular weight excluding hydrogens is 206 g/mol. The molecular formula is C12H11NO3. The van der Waals surface area contributed by atoms with Gasteiger partial charge in [-0.3, -0.25) is 9.36 Å². The van der Waals surface area contributed by atoms with E-state index in [0.29, 0.717) is 11.1 Å². The molecule has 0 amide bonds. The number of ketones is 1. The average molecular weight is 217 g/mol. The van der Waals surface area contributed by atoms with E-state index < -0.39 is 0 Å². The van der Waals surface area contributed by atoms with E-state index in [2.05, 4.69) is 0 Å². The van der Waals surface area contributed by atoms with E-state index in [1.54, 1.807) is 16.7 Å². The number of benzene rings is 1. The van der Waals surface area contributed by atoms with Crippen molar-refractivity contribution in [1.29, 1.82) is 0 Å². The minimum Gasteiger partial charge on any atom is -0.407 e. The maximum atomic E-state index is 11.7. The van der Waals surface area contributed by atoms with E-state index in [1.807, 2.05) is 6.07 Å². The predicted octanol–water partition coefficient (Wildman–Crippen LogP) is 2.13. The Morgan fingerprint density at radius 3 is 2.81 bits per heavy atom. The van der Waals surface area contributed by atoms with Gasteiger partial charge in [0.2, 0.25) is 0 Å². The van der Waals surface area contributed by atoms with Crippen LogP contribution in [-0.2, 0) is 0 Å². The molecule has 0 bridgehead atoms. The zero-order valence-electron chi connectivity index (χ0n) is 8.90. The maximum absolute atomic E-state index is 11.7. The Bertz CT molecular complexity index is 631. The van der Waals surface area contributed by atoms with Gasteiger partial charge in [-0.15, -0.1) is 0 Å². The first-order chi connectivity index (χ1) is 7.68. The van der Waals surface area contributed by atoms with Gasteiger partial charge in [0, 0.05) is 6.04 Å². The second-order valence-corrected chi connectivity index (χ2v) is 4.18. The first kappa shape index (κ1) is 9.39. The first-order valence-corrected chi connectivity index (χ1v) is 5.33. The number of aromatic nitrogens is 1. The van der Waals surface area contributed by atoms with E-state index in [1.165, 1.54) is 6.92 Å². The van der Waals surface area contributed by atoms with Crippen molar-refractivity contribution in [3.8, 4) is 0 Å². The minimum absolute atomic E-state index is 0.0812. The van der Waals surface area contributed by atoms with E-state index in [9.17, 15) is 9.59 Å². The summed E-state index contributed by atoms with van der Waals surface area (Å²) in [6.07, 6.45) is 2.03. The van der Waals surface area contributed by atoms with Gasteiger partial charge in [-0.1, -0.05) is 6.07 Å². The van der Waals surface area contributed by atoms with Gasteiger partial charge in [0.05, 0.1) is 11.1 Å². The zero-order chi connectivity index (χ0) is 11.3. The minimum atomic E-state index is -0.355. The number of Topliss-reactive ketones (excluding diaryl/α,β-unsaturated/α-hetero) is 1. The molecule has 1 heterocycles. The molecule has 1 saturated carbocycles. The van der Waals surface area contributed by atoms with Gasteiger partial charge in [0.25, 0.3) is 0 Å². The molecule has 2 aromatic rings. The number of hydrogen-bond donors (Lipinski definition) is 0. The average Bonchev–Trinajstić information content (AvgIpc) is 3.00. The summed E-state index contributed by atoms with van der Waals surface area (Å²) in [6, 6.07) is 5.55. The number of carbonyl (C=O) groups excluding carboxylic acids is 1. The van der Waals surface area contributed by atoms with Gasteiger partial charge < -0.3 is 4.42 Å². The molecule has 1 aliphatic rings. The summed E-state index contributed by atoms with van der Waals surface area (Å²) in [5, 5.41) is 0. The van der Waals surface area contributed by atoms with E-state index in [0.717, 1.165) is 18.4 Å². The Kier molecular flexibility index (Phi) is 1.80. The van der Waals surface area contributed by atoms with Gasteiger partial charge in [0.15, 0.2) is 11.4 Å². The monoisotopic (exact) mass is 217 g/mol. The quantitative estimate of drug-likeness (QED) is 0.724. The van der Waals surface area contributed by atoms with E-state index in [4.69, 9.17) is 4.42 Å². The van der Waals surface area contributed by atoms with E-state index >= 15 is 0 Å². The van der Waals surface area contributed by atoms with Crippen molar-refractivity contribution in [2.24, 2.45) is 0 Å². The second kappa shape index (κ2) is 3.07. The van der Waals surface area contributed by atoms with Crippen LogP contribution in [0.3, 0.4) is 0 Å². The smallest absolute Gasteiger partial charge is 0.407 e. The molecule has 82 valence electrons. The van der Waals surface area contributed by atoms with Gasteiger partial charge in [-0.05, 0) is 31.9 Å². The molecule has 0 N–H and O–H groups in total. The standard InChI is InChI=1S/C12H11NO3/c1-7(14)9-3-2-4-10-11(9)16-12(15)13(10)8-5-6-8/h2-4,8H,5-6H2,1H3. The van der Waals surface area contributed by atoms with Gasteiger partial charge in [0.1, 0.15) is 0 Å². The van der Waals surface area contributed by atoms with Crippen LogP contribution in [0.25, 0.3) is 11.1 Å². The third kappa shape index (κ3) is 1.23. The van der Waals surface area contributed by atoms with Crippen LogP contribution >= 0.6 is 0 Å². The highest BCUT2D eigenvalue weighted by atomic mass is 16.4.